The van der Waals surface area contributed by atoms with Gasteiger partial charge in [-0.05, 0) is 39.5 Å². The molecule has 1 aliphatic heterocycles. The summed E-state index contributed by atoms with van der Waals surface area (Å²) in [6, 6.07) is 0.664. The second-order valence-electron chi connectivity index (χ2n) is 6.96. The molecule has 0 aromatic carbocycles. The number of piperazine rings is 1. The maximum absolute atomic E-state index is 5.60. The molecule has 0 aliphatic carbocycles. The Morgan fingerprint density at radius 1 is 1.25 bits per heavy atom. The van der Waals surface area contributed by atoms with Crippen molar-refractivity contribution < 1.29 is 4.74 Å². The molecule has 1 unspecified atom stereocenters. The van der Waals surface area contributed by atoms with Crippen molar-refractivity contribution >= 4 is 0 Å². The fourth-order valence-corrected chi connectivity index (χ4v) is 3.29. The van der Waals surface area contributed by atoms with Crippen LogP contribution < -0.4 is 5.32 Å². The standard InChI is InChI=1S/C17H36N2O/c1-7-10-15-13-19(12-11-16(4,5)20-6)17(8-2,9-3)14-18-15/h15,18H,7-14H2,1-6H3. The summed E-state index contributed by atoms with van der Waals surface area (Å²) in [5.74, 6) is 0. The van der Waals surface area contributed by atoms with Crippen molar-refractivity contribution in [3.8, 4) is 0 Å². The Bertz CT molecular complexity index is 274. The molecule has 0 amide bonds. The van der Waals surface area contributed by atoms with Crippen molar-refractivity contribution in [3.05, 3.63) is 0 Å². The van der Waals surface area contributed by atoms with Gasteiger partial charge < -0.3 is 10.1 Å². The molecule has 1 saturated heterocycles. The maximum atomic E-state index is 5.60. The third-order valence-corrected chi connectivity index (χ3v) is 5.32. The van der Waals surface area contributed by atoms with Gasteiger partial charge in [-0.3, -0.25) is 4.90 Å². The molecule has 1 heterocycles. The first-order valence-corrected chi connectivity index (χ1v) is 8.46. The van der Waals surface area contributed by atoms with E-state index in [0.29, 0.717) is 11.6 Å². The molecule has 120 valence electrons. The largest absolute Gasteiger partial charge is 0.379 e. The van der Waals surface area contributed by atoms with Gasteiger partial charge in [0.15, 0.2) is 0 Å². The quantitative estimate of drug-likeness (QED) is 0.739. The summed E-state index contributed by atoms with van der Waals surface area (Å²) in [5.41, 5.74) is 0.326. The fourth-order valence-electron chi connectivity index (χ4n) is 3.29. The lowest BCUT2D eigenvalue weighted by atomic mass is 9.86. The monoisotopic (exact) mass is 284 g/mol. The minimum Gasteiger partial charge on any atom is -0.379 e. The van der Waals surface area contributed by atoms with E-state index in [1.165, 1.54) is 32.2 Å². The topological polar surface area (TPSA) is 24.5 Å². The Balaban J connectivity index is 2.71. The molecule has 1 rings (SSSR count). The van der Waals surface area contributed by atoms with E-state index in [0.717, 1.165) is 19.5 Å². The Morgan fingerprint density at radius 2 is 1.90 bits per heavy atom. The predicted molar refractivity (Wildman–Crippen MR) is 87.3 cm³/mol. The van der Waals surface area contributed by atoms with E-state index in [1.54, 1.807) is 0 Å². The van der Waals surface area contributed by atoms with Crippen LogP contribution in [0.5, 0.6) is 0 Å². The molecule has 0 saturated carbocycles. The SMILES string of the molecule is CCCC1CN(CCC(C)(C)OC)C(CC)(CC)CN1. The number of ether oxygens (including phenoxy) is 1. The molecule has 3 heteroatoms. The zero-order chi connectivity index (χ0) is 15.2. The highest BCUT2D eigenvalue weighted by Crippen LogP contribution is 2.29. The Hall–Kier alpha value is -0.120. The summed E-state index contributed by atoms with van der Waals surface area (Å²) in [6.45, 7) is 14.8. The number of rotatable bonds is 8. The van der Waals surface area contributed by atoms with E-state index in [4.69, 9.17) is 4.74 Å². The molecule has 1 aliphatic rings. The highest BCUT2D eigenvalue weighted by Gasteiger charge is 2.38. The van der Waals surface area contributed by atoms with Gasteiger partial charge in [-0.1, -0.05) is 27.2 Å². The predicted octanol–water partition coefficient (Wildman–Crippen LogP) is 3.43. The zero-order valence-corrected chi connectivity index (χ0v) is 14.6. The van der Waals surface area contributed by atoms with Gasteiger partial charge in [-0.15, -0.1) is 0 Å². The Morgan fingerprint density at radius 3 is 2.40 bits per heavy atom. The van der Waals surface area contributed by atoms with E-state index in [1.807, 2.05) is 7.11 Å². The van der Waals surface area contributed by atoms with Crippen molar-refractivity contribution in [2.24, 2.45) is 0 Å². The number of methoxy groups -OCH3 is 1. The van der Waals surface area contributed by atoms with Crippen LogP contribution in [0.3, 0.4) is 0 Å². The van der Waals surface area contributed by atoms with Crippen LogP contribution in [0.4, 0.5) is 0 Å². The smallest absolute Gasteiger partial charge is 0.0634 e. The normalized spacial score (nSPS) is 24.0. The van der Waals surface area contributed by atoms with Crippen molar-refractivity contribution in [1.29, 1.82) is 0 Å². The third-order valence-electron chi connectivity index (χ3n) is 5.32. The Labute approximate surface area is 126 Å². The van der Waals surface area contributed by atoms with E-state index in [9.17, 15) is 0 Å². The molecule has 1 fully saturated rings. The molecule has 0 bridgehead atoms. The lowest BCUT2D eigenvalue weighted by molar-refractivity contribution is -0.0215. The van der Waals surface area contributed by atoms with Crippen LogP contribution in [0.2, 0.25) is 0 Å². The highest BCUT2D eigenvalue weighted by molar-refractivity contribution is 4.97. The first-order chi connectivity index (χ1) is 9.43. The maximum Gasteiger partial charge on any atom is 0.0634 e. The summed E-state index contributed by atoms with van der Waals surface area (Å²) in [4.78, 5) is 2.74. The average Bonchev–Trinajstić information content (AvgIpc) is 2.46. The van der Waals surface area contributed by atoms with E-state index in [-0.39, 0.29) is 5.60 Å². The third kappa shape index (κ3) is 4.44. The molecule has 1 atom stereocenters. The van der Waals surface area contributed by atoms with Crippen molar-refractivity contribution in [2.75, 3.05) is 26.7 Å². The fraction of sp³-hybridized carbons (Fsp3) is 1.00. The molecule has 0 spiro atoms. The summed E-state index contributed by atoms with van der Waals surface area (Å²) >= 11 is 0. The van der Waals surface area contributed by atoms with Crippen LogP contribution >= 0.6 is 0 Å². The molecule has 1 N–H and O–H groups in total. The lowest BCUT2D eigenvalue weighted by Gasteiger charge is -2.50. The van der Waals surface area contributed by atoms with Crippen LogP contribution in [-0.2, 0) is 4.74 Å². The van der Waals surface area contributed by atoms with E-state index < -0.39 is 0 Å². The highest BCUT2D eigenvalue weighted by atomic mass is 16.5. The van der Waals surface area contributed by atoms with Crippen molar-refractivity contribution in [2.45, 2.75) is 83.9 Å². The molecular weight excluding hydrogens is 248 g/mol. The summed E-state index contributed by atoms with van der Waals surface area (Å²) < 4.78 is 5.60. The van der Waals surface area contributed by atoms with Crippen molar-refractivity contribution in [3.63, 3.8) is 0 Å². The van der Waals surface area contributed by atoms with Gasteiger partial charge in [0.05, 0.1) is 5.60 Å². The summed E-state index contributed by atoms with van der Waals surface area (Å²) in [5, 5.41) is 3.78. The van der Waals surface area contributed by atoms with Gasteiger partial charge in [0.25, 0.3) is 0 Å². The molecule has 0 radical (unpaired) electrons. The van der Waals surface area contributed by atoms with Crippen LogP contribution in [-0.4, -0.2) is 48.8 Å². The second kappa shape index (κ2) is 7.77. The minimum atomic E-state index is -0.0155. The van der Waals surface area contributed by atoms with Gasteiger partial charge in [-0.2, -0.15) is 0 Å². The average molecular weight is 284 g/mol. The first-order valence-electron chi connectivity index (χ1n) is 8.46. The molecule has 3 nitrogen and oxygen atoms in total. The van der Waals surface area contributed by atoms with Gasteiger partial charge in [-0.25, -0.2) is 0 Å². The molecule has 0 aromatic heterocycles. The van der Waals surface area contributed by atoms with Gasteiger partial charge in [0, 0.05) is 38.3 Å². The lowest BCUT2D eigenvalue weighted by Crippen LogP contribution is -2.64. The van der Waals surface area contributed by atoms with Gasteiger partial charge in [0.1, 0.15) is 0 Å². The van der Waals surface area contributed by atoms with E-state index in [2.05, 4.69) is 44.8 Å². The second-order valence-corrected chi connectivity index (χ2v) is 6.96. The minimum absolute atomic E-state index is 0.0155. The molecular formula is C17H36N2O. The first kappa shape index (κ1) is 17.9. The van der Waals surface area contributed by atoms with Crippen LogP contribution in [0.15, 0.2) is 0 Å². The molecule has 0 aromatic rings. The Kier molecular flexibility index (Phi) is 6.96. The van der Waals surface area contributed by atoms with E-state index >= 15 is 0 Å². The number of hydrogen-bond acceptors (Lipinski definition) is 3. The summed E-state index contributed by atoms with van der Waals surface area (Å²) in [7, 11) is 1.82. The molecule has 20 heavy (non-hydrogen) atoms. The van der Waals surface area contributed by atoms with Crippen LogP contribution in [0.25, 0.3) is 0 Å². The van der Waals surface area contributed by atoms with Crippen LogP contribution in [0.1, 0.15) is 66.7 Å². The number of nitrogens with zero attached hydrogens (tertiary/aromatic N) is 1. The van der Waals surface area contributed by atoms with Crippen molar-refractivity contribution in [1.82, 2.24) is 10.2 Å². The number of nitrogens with one attached hydrogen (secondary N) is 1. The van der Waals surface area contributed by atoms with Gasteiger partial charge in [0.2, 0.25) is 0 Å². The zero-order valence-electron chi connectivity index (χ0n) is 14.6. The summed E-state index contributed by atoms with van der Waals surface area (Å²) in [6.07, 6.45) is 6.10. The number of hydrogen-bond donors (Lipinski definition) is 1. The van der Waals surface area contributed by atoms with Crippen LogP contribution in [0, 0.1) is 0 Å². The van der Waals surface area contributed by atoms with Gasteiger partial charge >= 0.3 is 0 Å².